The van der Waals surface area contributed by atoms with Gasteiger partial charge >= 0.3 is 6.09 Å². The molecule has 0 aliphatic heterocycles. The summed E-state index contributed by atoms with van der Waals surface area (Å²) >= 11 is 0. The summed E-state index contributed by atoms with van der Waals surface area (Å²) < 4.78 is 10.7. The number of nitrogens with one attached hydrogen (secondary N) is 3. The molecule has 0 aliphatic rings. The lowest BCUT2D eigenvalue weighted by Gasteiger charge is -2.19. The van der Waals surface area contributed by atoms with Crippen molar-refractivity contribution < 1.29 is 14.3 Å². The molecule has 0 spiro atoms. The monoisotopic (exact) mass is 351 g/mol. The van der Waals surface area contributed by atoms with E-state index in [9.17, 15) is 4.79 Å². The maximum absolute atomic E-state index is 11.5. The molecule has 0 aromatic carbocycles. The first kappa shape index (κ1) is 20.5. The molecule has 1 aromatic heterocycles. The van der Waals surface area contributed by atoms with Crippen LogP contribution in [0, 0.1) is 0 Å². The molecule has 1 aromatic rings. The number of nitrogens with zero attached hydrogens (tertiary/aromatic N) is 2. The molecule has 1 heterocycles. The molecule has 0 saturated heterocycles. The van der Waals surface area contributed by atoms with Crippen molar-refractivity contribution in [2.45, 2.75) is 32.8 Å². The van der Waals surface area contributed by atoms with Gasteiger partial charge in [0.05, 0.1) is 12.7 Å². The van der Waals surface area contributed by atoms with Crippen molar-refractivity contribution in [3.63, 3.8) is 0 Å². The van der Waals surface area contributed by atoms with Gasteiger partial charge in [0.2, 0.25) is 0 Å². The Morgan fingerprint density at radius 3 is 2.56 bits per heavy atom. The van der Waals surface area contributed by atoms with Gasteiger partial charge in [-0.1, -0.05) is 0 Å². The van der Waals surface area contributed by atoms with Crippen LogP contribution in [-0.2, 0) is 4.74 Å². The molecule has 0 fully saturated rings. The molecule has 1 rings (SSSR count). The highest BCUT2D eigenvalue weighted by molar-refractivity contribution is 5.79. The number of carbonyl (C=O) groups is 1. The zero-order chi connectivity index (χ0) is 18.5. The summed E-state index contributed by atoms with van der Waals surface area (Å²) in [6, 6.07) is 3.69. The minimum atomic E-state index is -0.480. The smallest absolute Gasteiger partial charge is 0.407 e. The van der Waals surface area contributed by atoms with Crippen LogP contribution < -0.4 is 20.7 Å². The largest absolute Gasteiger partial charge is 0.490 e. The van der Waals surface area contributed by atoms with Crippen LogP contribution in [0.5, 0.6) is 5.75 Å². The molecule has 0 radical (unpaired) electrons. The van der Waals surface area contributed by atoms with E-state index in [4.69, 9.17) is 9.47 Å². The third-order valence-corrected chi connectivity index (χ3v) is 2.84. The van der Waals surface area contributed by atoms with Gasteiger partial charge in [0.1, 0.15) is 18.0 Å². The molecule has 0 saturated carbocycles. The van der Waals surface area contributed by atoms with Crippen molar-refractivity contribution in [1.82, 2.24) is 20.9 Å². The predicted octanol–water partition coefficient (Wildman–Crippen LogP) is 1.54. The van der Waals surface area contributed by atoms with E-state index in [1.54, 1.807) is 19.4 Å². The van der Waals surface area contributed by atoms with E-state index in [0.29, 0.717) is 32.2 Å². The van der Waals surface area contributed by atoms with E-state index >= 15 is 0 Å². The van der Waals surface area contributed by atoms with Crippen LogP contribution in [0.15, 0.2) is 29.5 Å². The lowest BCUT2D eigenvalue weighted by atomic mass is 10.2. The third-order valence-electron chi connectivity index (χ3n) is 2.84. The van der Waals surface area contributed by atoms with E-state index in [-0.39, 0.29) is 0 Å². The Balaban J connectivity index is 2.07. The molecule has 1 amide bonds. The molecule has 0 unspecified atom stereocenters. The quantitative estimate of drug-likeness (QED) is 0.373. The van der Waals surface area contributed by atoms with E-state index in [0.717, 1.165) is 12.2 Å². The van der Waals surface area contributed by atoms with Gasteiger partial charge in [-0.3, -0.25) is 9.98 Å². The number of pyridine rings is 1. The lowest BCUT2D eigenvalue weighted by Crippen LogP contribution is -2.40. The summed E-state index contributed by atoms with van der Waals surface area (Å²) in [6.07, 6.45) is 3.73. The van der Waals surface area contributed by atoms with Crippen molar-refractivity contribution in [1.29, 1.82) is 0 Å². The number of amides is 1. The zero-order valence-electron chi connectivity index (χ0n) is 15.5. The van der Waals surface area contributed by atoms with Crippen molar-refractivity contribution in [2.75, 3.05) is 33.3 Å². The highest BCUT2D eigenvalue weighted by Crippen LogP contribution is 2.06. The number of alkyl carbamates (subject to hydrolysis) is 1. The van der Waals surface area contributed by atoms with Crippen LogP contribution in [0.25, 0.3) is 0 Å². The van der Waals surface area contributed by atoms with Crippen LogP contribution in [0.1, 0.15) is 27.2 Å². The normalized spacial score (nSPS) is 11.6. The molecule has 3 N–H and O–H groups in total. The fraction of sp³-hybridized carbons (Fsp3) is 0.588. The van der Waals surface area contributed by atoms with Crippen molar-refractivity contribution >= 4 is 12.1 Å². The Bertz CT molecular complexity index is 529. The average molecular weight is 351 g/mol. The van der Waals surface area contributed by atoms with Crippen molar-refractivity contribution in [3.8, 4) is 5.75 Å². The van der Waals surface area contributed by atoms with Gasteiger partial charge in [0.15, 0.2) is 5.96 Å². The molecule has 0 bridgehead atoms. The van der Waals surface area contributed by atoms with E-state index in [1.807, 2.05) is 32.9 Å². The molecule has 140 valence electrons. The SMILES string of the molecule is CN=C(NCCCNC(=O)OC(C)(C)C)NCCOc1cccnc1. The van der Waals surface area contributed by atoms with Gasteiger partial charge in [0.25, 0.3) is 0 Å². The highest BCUT2D eigenvalue weighted by Gasteiger charge is 2.15. The third kappa shape index (κ3) is 10.8. The van der Waals surface area contributed by atoms with Crippen LogP contribution in [0.2, 0.25) is 0 Å². The predicted molar refractivity (Wildman–Crippen MR) is 98.0 cm³/mol. The first-order valence-electron chi connectivity index (χ1n) is 8.35. The maximum Gasteiger partial charge on any atom is 0.407 e. The van der Waals surface area contributed by atoms with Crippen LogP contribution >= 0.6 is 0 Å². The second kappa shape index (κ2) is 11.1. The number of carbonyl (C=O) groups excluding carboxylic acids is 1. The number of ether oxygens (including phenoxy) is 2. The second-order valence-electron chi connectivity index (χ2n) is 6.25. The second-order valence-corrected chi connectivity index (χ2v) is 6.25. The Morgan fingerprint density at radius 2 is 1.92 bits per heavy atom. The Hall–Kier alpha value is -2.51. The number of hydrogen-bond donors (Lipinski definition) is 3. The van der Waals surface area contributed by atoms with Gasteiger partial charge < -0.3 is 25.4 Å². The van der Waals surface area contributed by atoms with E-state index in [2.05, 4.69) is 25.9 Å². The van der Waals surface area contributed by atoms with Gasteiger partial charge in [-0.2, -0.15) is 0 Å². The fourth-order valence-corrected chi connectivity index (χ4v) is 1.79. The molecular formula is C17H29N5O3. The lowest BCUT2D eigenvalue weighted by molar-refractivity contribution is 0.0527. The topological polar surface area (TPSA) is 96.9 Å². The number of aliphatic imine (C=N–C) groups is 1. The number of aromatic nitrogens is 1. The fourth-order valence-electron chi connectivity index (χ4n) is 1.79. The average Bonchev–Trinajstić information content (AvgIpc) is 2.55. The molecular weight excluding hydrogens is 322 g/mol. The molecule has 0 aliphatic carbocycles. The van der Waals surface area contributed by atoms with E-state index < -0.39 is 11.7 Å². The minimum Gasteiger partial charge on any atom is -0.490 e. The van der Waals surface area contributed by atoms with E-state index in [1.165, 1.54) is 0 Å². The van der Waals surface area contributed by atoms with Crippen molar-refractivity contribution in [2.24, 2.45) is 4.99 Å². The highest BCUT2D eigenvalue weighted by atomic mass is 16.6. The van der Waals surface area contributed by atoms with Crippen LogP contribution in [0.4, 0.5) is 4.79 Å². The molecule has 8 nitrogen and oxygen atoms in total. The molecule has 25 heavy (non-hydrogen) atoms. The first-order chi connectivity index (χ1) is 11.9. The van der Waals surface area contributed by atoms with Gasteiger partial charge in [-0.15, -0.1) is 0 Å². The summed E-state index contributed by atoms with van der Waals surface area (Å²) in [6.45, 7) is 7.84. The minimum absolute atomic E-state index is 0.400. The summed E-state index contributed by atoms with van der Waals surface area (Å²) in [5, 5.41) is 9.03. The zero-order valence-corrected chi connectivity index (χ0v) is 15.5. The summed E-state index contributed by atoms with van der Waals surface area (Å²) in [7, 11) is 1.70. The standard InChI is InChI=1S/C17H29N5O3/c1-17(2,3)25-16(23)22-10-6-9-20-15(18-4)21-11-12-24-14-7-5-8-19-13-14/h5,7-8,13H,6,9-12H2,1-4H3,(H,22,23)(H2,18,20,21). The van der Waals surface area contributed by atoms with Crippen molar-refractivity contribution in [3.05, 3.63) is 24.5 Å². The van der Waals surface area contributed by atoms with Crippen LogP contribution in [-0.4, -0.2) is 55.9 Å². The Kier molecular flexibility index (Phi) is 9.13. The molecule has 8 heteroatoms. The number of guanidine groups is 1. The molecule has 0 atom stereocenters. The number of rotatable bonds is 8. The first-order valence-corrected chi connectivity index (χ1v) is 8.35. The Morgan fingerprint density at radius 1 is 1.20 bits per heavy atom. The maximum atomic E-state index is 11.5. The summed E-state index contributed by atoms with van der Waals surface area (Å²) in [5.41, 5.74) is -0.480. The van der Waals surface area contributed by atoms with Gasteiger partial charge in [-0.25, -0.2) is 4.79 Å². The Labute approximate surface area is 149 Å². The number of hydrogen-bond acceptors (Lipinski definition) is 5. The summed E-state index contributed by atoms with van der Waals surface area (Å²) in [5.74, 6) is 1.42. The van der Waals surface area contributed by atoms with Gasteiger partial charge in [-0.05, 0) is 39.3 Å². The summed E-state index contributed by atoms with van der Waals surface area (Å²) in [4.78, 5) is 19.6. The van der Waals surface area contributed by atoms with Gasteiger partial charge in [0, 0.05) is 26.3 Å². The van der Waals surface area contributed by atoms with Crippen LogP contribution in [0.3, 0.4) is 0 Å².